The standard InChI is InChI=1S/C13H18N2O4/c1-3-14-13(19)11(8(2)16)15-12(18)9-6-4-5-7-10(9)17/h4-8,11,16-17H,3H2,1-2H3,(H,14,19)(H,15,18)/t8-,11+/m1/s1. The molecule has 0 saturated carbocycles. The molecule has 1 rings (SSSR count). The van der Waals surface area contributed by atoms with Crippen LogP contribution < -0.4 is 10.6 Å². The van der Waals surface area contributed by atoms with Gasteiger partial charge in [0.1, 0.15) is 11.8 Å². The number of carbonyl (C=O) groups excluding carboxylic acids is 2. The molecule has 0 aliphatic heterocycles. The minimum atomic E-state index is -1.06. The Morgan fingerprint density at radius 3 is 2.47 bits per heavy atom. The third kappa shape index (κ3) is 3.96. The number of likely N-dealkylation sites (N-methyl/N-ethyl adjacent to an activating group) is 1. The maximum Gasteiger partial charge on any atom is 0.255 e. The van der Waals surface area contributed by atoms with Gasteiger partial charge in [-0.15, -0.1) is 0 Å². The number of aromatic hydroxyl groups is 1. The van der Waals surface area contributed by atoms with Gasteiger partial charge in [-0.1, -0.05) is 12.1 Å². The second-order valence-electron chi connectivity index (χ2n) is 4.10. The van der Waals surface area contributed by atoms with E-state index in [1.165, 1.54) is 19.1 Å². The lowest BCUT2D eigenvalue weighted by molar-refractivity contribution is -0.125. The maximum absolute atomic E-state index is 11.9. The van der Waals surface area contributed by atoms with Crippen LogP contribution in [0.25, 0.3) is 0 Å². The van der Waals surface area contributed by atoms with E-state index in [0.717, 1.165) is 0 Å². The number of benzene rings is 1. The molecule has 104 valence electrons. The molecular formula is C13H18N2O4. The van der Waals surface area contributed by atoms with E-state index in [1.54, 1.807) is 19.1 Å². The number of hydrogen-bond acceptors (Lipinski definition) is 4. The van der Waals surface area contributed by atoms with Crippen molar-refractivity contribution in [3.8, 4) is 5.75 Å². The number of phenols is 1. The van der Waals surface area contributed by atoms with Gasteiger partial charge in [0, 0.05) is 6.54 Å². The Hall–Kier alpha value is -2.08. The SMILES string of the molecule is CCNC(=O)[C@@H](NC(=O)c1ccccc1O)[C@@H](C)O. The Kier molecular flexibility index (Phi) is 5.32. The van der Waals surface area contributed by atoms with E-state index in [2.05, 4.69) is 10.6 Å². The molecule has 6 heteroatoms. The van der Waals surface area contributed by atoms with E-state index in [9.17, 15) is 19.8 Å². The lowest BCUT2D eigenvalue weighted by Gasteiger charge is -2.20. The summed E-state index contributed by atoms with van der Waals surface area (Å²) in [5.41, 5.74) is 0.0532. The van der Waals surface area contributed by atoms with Gasteiger partial charge in [-0.05, 0) is 26.0 Å². The zero-order chi connectivity index (χ0) is 14.4. The average molecular weight is 266 g/mol. The van der Waals surface area contributed by atoms with Crippen LogP contribution >= 0.6 is 0 Å². The van der Waals surface area contributed by atoms with E-state index in [-0.39, 0.29) is 11.3 Å². The minimum Gasteiger partial charge on any atom is -0.507 e. The summed E-state index contributed by atoms with van der Waals surface area (Å²) in [4.78, 5) is 23.6. The Morgan fingerprint density at radius 2 is 1.95 bits per heavy atom. The molecule has 6 nitrogen and oxygen atoms in total. The average Bonchev–Trinajstić information content (AvgIpc) is 2.36. The fourth-order valence-corrected chi connectivity index (χ4v) is 1.57. The third-order valence-corrected chi connectivity index (χ3v) is 2.55. The summed E-state index contributed by atoms with van der Waals surface area (Å²) in [5, 5.41) is 24.0. The number of aliphatic hydroxyl groups excluding tert-OH is 1. The summed E-state index contributed by atoms with van der Waals surface area (Å²) in [6, 6.07) is 4.92. The van der Waals surface area contributed by atoms with Crippen molar-refractivity contribution in [2.24, 2.45) is 0 Å². The van der Waals surface area contributed by atoms with Crippen molar-refractivity contribution in [1.82, 2.24) is 10.6 Å². The van der Waals surface area contributed by atoms with E-state index < -0.39 is 24.0 Å². The highest BCUT2D eigenvalue weighted by Gasteiger charge is 2.26. The number of nitrogens with one attached hydrogen (secondary N) is 2. The largest absolute Gasteiger partial charge is 0.507 e. The van der Waals surface area contributed by atoms with Crippen LogP contribution in [0.15, 0.2) is 24.3 Å². The first-order chi connectivity index (χ1) is 8.97. The van der Waals surface area contributed by atoms with Crippen LogP contribution in [-0.2, 0) is 4.79 Å². The van der Waals surface area contributed by atoms with Crippen LogP contribution in [0.3, 0.4) is 0 Å². The predicted octanol–water partition coefficient (Wildman–Crippen LogP) is 0.00750. The van der Waals surface area contributed by atoms with Gasteiger partial charge in [-0.2, -0.15) is 0 Å². The van der Waals surface area contributed by atoms with Crippen molar-refractivity contribution in [3.63, 3.8) is 0 Å². The summed E-state index contributed by atoms with van der Waals surface area (Å²) < 4.78 is 0. The number of carbonyl (C=O) groups is 2. The van der Waals surface area contributed by atoms with Crippen molar-refractivity contribution in [3.05, 3.63) is 29.8 Å². The van der Waals surface area contributed by atoms with Crippen molar-refractivity contribution in [2.75, 3.05) is 6.54 Å². The van der Waals surface area contributed by atoms with Crippen LogP contribution in [0.5, 0.6) is 5.75 Å². The summed E-state index contributed by atoms with van der Waals surface area (Å²) in [5.74, 6) is -1.27. The number of amides is 2. The van der Waals surface area contributed by atoms with Crippen molar-refractivity contribution in [1.29, 1.82) is 0 Å². The van der Waals surface area contributed by atoms with Crippen LogP contribution in [0.2, 0.25) is 0 Å². The van der Waals surface area contributed by atoms with Crippen LogP contribution in [0, 0.1) is 0 Å². The number of hydrogen-bond donors (Lipinski definition) is 4. The monoisotopic (exact) mass is 266 g/mol. The Bertz CT molecular complexity index is 460. The van der Waals surface area contributed by atoms with Gasteiger partial charge in [0.05, 0.1) is 11.7 Å². The van der Waals surface area contributed by atoms with E-state index in [4.69, 9.17) is 0 Å². The zero-order valence-electron chi connectivity index (χ0n) is 10.9. The quantitative estimate of drug-likeness (QED) is 0.603. The molecule has 0 aliphatic rings. The molecule has 2 atom stereocenters. The van der Waals surface area contributed by atoms with Gasteiger partial charge in [-0.3, -0.25) is 9.59 Å². The van der Waals surface area contributed by atoms with Gasteiger partial charge >= 0.3 is 0 Å². The minimum absolute atomic E-state index is 0.0532. The molecule has 1 aromatic carbocycles. The maximum atomic E-state index is 11.9. The van der Waals surface area contributed by atoms with Crippen LogP contribution in [0.1, 0.15) is 24.2 Å². The molecule has 2 amide bonds. The molecule has 0 radical (unpaired) electrons. The highest BCUT2D eigenvalue weighted by atomic mass is 16.3. The Labute approximate surface area is 111 Å². The van der Waals surface area contributed by atoms with Gasteiger partial charge in [-0.25, -0.2) is 0 Å². The molecule has 0 saturated heterocycles. The Morgan fingerprint density at radius 1 is 1.32 bits per heavy atom. The molecule has 0 fully saturated rings. The van der Waals surface area contributed by atoms with E-state index in [1.807, 2.05) is 0 Å². The predicted molar refractivity (Wildman–Crippen MR) is 69.7 cm³/mol. The normalized spacial score (nSPS) is 13.4. The molecule has 0 heterocycles. The zero-order valence-corrected chi connectivity index (χ0v) is 10.9. The highest BCUT2D eigenvalue weighted by Crippen LogP contribution is 2.15. The van der Waals surface area contributed by atoms with E-state index in [0.29, 0.717) is 6.54 Å². The topological polar surface area (TPSA) is 98.7 Å². The lowest BCUT2D eigenvalue weighted by Crippen LogP contribution is -2.52. The first-order valence-electron chi connectivity index (χ1n) is 6.02. The number of para-hydroxylation sites is 1. The van der Waals surface area contributed by atoms with E-state index >= 15 is 0 Å². The summed E-state index contributed by atoms with van der Waals surface area (Å²) in [6.45, 7) is 3.54. The van der Waals surface area contributed by atoms with Gasteiger partial charge in [0.25, 0.3) is 5.91 Å². The second-order valence-corrected chi connectivity index (χ2v) is 4.10. The summed E-state index contributed by atoms with van der Waals surface area (Å²) in [7, 11) is 0. The first-order valence-corrected chi connectivity index (χ1v) is 6.02. The molecular weight excluding hydrogens is 248 g/mol. The molecule has 19 heavy (non-hydrogen) atoms. The summed E-state index contributed by atoms with van der Waals surface area (Å²) >= 11 is 0. The summed E-state index contributed by atoms with van der Waals surface area (Å²) in [6.07, 6.45) is -1.04. The molecule has 0 bridgehead atoms. The third-order valence-electron chi connectivity index (χ3n) is 2.55. The van der Waals surface area contributed by atoms with Gasteiger partial charge in [0.15, 0.2) is 0 Å². The van der Waals surface area contributed by atoms with Crippen LogP contribution in [0.4, 0.5) is 0 Å². The van der Waals surface area contributed by atoms with Gasteiger partial charge < -0.3 is 20.8 Å². The fraction of sp³-hybridized carbons (Fsp3) is 0.385. The number of phenolic OH excluding ortho intramolecular Hbond substituents is 1. The molecule has 4 N–H and O–H groups in total. The van der Waals surface area contributed by atoms with Crippen LogP contribution in [-0.4, -0.2) is 40.7 Å². The van der Waals surface area contributed by atoms with Crippen molar-refractivity contribution < 1.29 is 19.8 Å². The lowest BCUT2D eigenvalue weighted by atomic mass is 10.1. The second kappa shape index (κ2) is 6.75. The number of rotatable bonds is 5. The molecule has 0 aromatic heterocycles. The number of aliphatic hydroxyl groups is 1. The molecule has 0 aliphatic carbocycles. The Balaban J connectivity index is 2.83. The van der Waals surface area contributed by atoms with Crippen molar-refractivity contribution >= 4 is 11.8 Å². The highest BCUT2D eigenvalue weighted by molar-refractivity contribution is 5.99. The fourth-order valence-electron chi connectivity index (χ4n) is 1.57. The first kappa shape index (κ1) is 15.0. The molecule has 0 spiro atoms. The molecule has 0 unspecified atom stereocenters. The van der Waals surface area contributed by atoms with Crippen molar-refractivity contribution in [2.45, 2.75) is 26.0 Å². The van der Waals surface area contributed by atoms with Gasteiger partial charge in [0.2, 0.25) is 5.91 Å². The molecule has 1 aromatic rings. The smallest absolute Gasteiger partial charge is 0.255 e.